The maximum atomic E-state index is 9.70. The molecule has 0 radical (unpaired) electrons. The Morgan fingerprint density at radius 3 is 2.43 bits per heavy atom. The van der Waals surface area contributed by atoms with Gasteiger partial charge in [-0.25, -0.2) is 4.68 Å². The van der Waals surface area contributed by atoms with Gasteiger partial charge in [-0.3, -0.25) is 0 Å². The molecule has 0 spiro atoms. The summed E-state index contributed by atoms with van der Waals surface area (Å²) >= 11 is 0. The zero-order chi connectivity index (χ0) is 15.2. The average molecular weight is 289 g/mol. The highest BCUT2D eigenvalue weighted by atomic mass is 16.3. The Labute approximate surface area is 125 Å². The standard InChI is InChI=1S/C16H23N3O2/c1-3-9-18(10-11-20)16-15(12-21)13(2)17-19(16)14-7-5-4-6-8-14/h4-8,20-21H,3,9-12H2,1-2H3. The zero-order valence-corrected chi connectivity index (χ0v) is 12.7. The second kappa shape index (κ2) is 7.24. The van der Waals surface area contributed by atoms with Crippen molar-refractivity contribution in [2.45, 2.75) is 26.9 Å². The van der Waals surface area contributed by atoms with Gasteiger partial charge in [-0.2, -0.15) is 5.10 Å². The van der Waals surface area contributed by atoms with E-state index in [9.17, 15) is 10.2 Å². The molecule has 0 saturated carbocycles. The summed E-state index contributed by atoms with van der Waals surface area (Å²) in [6.07, 6.45) is 0.962. The highest BCUT2D eigenvalue weighted by Crippen LogP contribution is 2.27. The highest BCUT2D eigenvalue weighted by Gasteiger charge is 2.20. The Morgan fingerprint density at radius 1 is 1.14 bits per heavy atom. The van der Waals surface area contributed by atoms with Crippen LogP contribution in [-0.2, 0) is 6.61 Å². The fourth-order valence-electron chi connectivity index (χ4n) is 2.52. The van der Waals surface area contributed by atoms with E-state index in [0.717, 1.165) is 35.7 Å². The number of aromatic nitrogens is 2. The molecular weight excluding hydrogens is 266 g/mol. The van der Waals surface area contributed by atoms with Crippen molar-refractivity contribution in [3.63, 3.8) is 0 Å². The molecule has 0 unspecified atom stereocenters. The highest BCUT2D eigenvalue weighted by molar-refractivity contribution is 5.55. The Kier molecular flexibility index (Phi) is 5.36. The molecule has 2 rings (SSSR count). The van der Waals surface area contributed by atoms with E-state index < -0.39 is 0 Å². The van der Waals surface area contributed by atoms with Crippen LogP contribution < -0.4 is 4.90 Å². The first-order chi connectivity index (χ1) is 10.2. The molecule has 5 nitrogen and oxygen atoms in total. The molecule has 0 saturated heterocycles. The van der Waals surface area contributed by atoms with E-state index in [1.165, 1.54) is 0 Å². The zero-order valence-electron chi connectivity index (χ0n) is 12.7. The first-order valence-electron chi connectivity index (χ1n) is 7.33. The fraction of sp³-hybridized carbons (Fsp3) is 0.438. The van der Waals surface area contributed by atoms with Gasteiger partial charge in [0.15, 0.2) is 0 Å². The van der Waals surface area contributed by atoms with Crippen LogP contribution in [0.2, 0.25) is 0 Å². The Morgan fingerprint density at radius 2 is 1.86 bits per heavy atom. The molecule has 0 amide bonds. The predicted octanol–water partition coefficient (Wildman–Crippen LogP) is 1.88. The monoisotopic (exact) mass is 289 g/mol. The second-order valence-corrected chi connectivity index (χ2v) is 5.00. The number of para-hydroxylation sites is 1. The minimum absolute atomic E-state index is 0.0559. The van der Waals surface area contributed by atoms with Gasteiger partial charge in [0.05, 0.1) is 24.6 Å². The number of nitrogens with zero attached hydrogens (tertiary/aromatic N) is 3. The summed E-state index contributed by atoms with van der Waals surface area (Å²) < 4.78 is 1.85. The van der Waals surface area contributed by atoms with Crippen LogP contribution in [0.5, 0.6) is 0 Å². The van der Waals surface area contributed by atoms with Gasteiger partial charge < -0.3 is 15.1 Å². The molecule has 1 heterocycles. The van der Waals surface area contributed by atoms with Gasteiger partial charge in [-0.05, 0) is 25.5 Å². The predicted molar refractivity (Wildman–Crippen MR) is 83.8 cm³/mol. The molecule has 5 heteroatoms. The number of hydrogen-bond donors (Lipinski definition) is 2. The number of aryl methyl sites for hydroxylation is 1. The lowest BCUT2D eigenvalue weighted by atomic mass is 10.2. The molecule has 0 bridgehead atoms. The largest absolute Gasteiger partial charge is 0.395 e. The van der Waals surface area contributed by atoms with E-state index in [1.807, 2.05) is 41.9 Å². The third-order valence-electron chi connectivity index (χ3n) is 3.48. The van der Waals surface area contributed by atoms with E-state index in [2.05, 4.69) is 16.9 Å². The maximum Gasteiger partial charge on any atom is 0.138 e. The molecule has 1 aromatic heterocycles. The van der Waals surface area contributed by atoms with Gasteiger partial charge in [0.25, 0.3) is 0 Å². The normalized spacial score (nSPS) is 10.9. The summed E-state index contributed by atoms with van der Waals surface area (Å²) in [7, 11) is 0. The molecule has 1 aromatic carbocycles. The van der Waals surface area contributed by atoms with Crippen molar-refractivity contribution in [3.05, 3.63) is 41.6 Å². The van der Waals surface area contributed by atoms with Crippen LogP contribution in [0.15, 0.2) is 30.3 Å². The lowest BCUT2D eigenvalue weighted by molar-refractivity contribution is 0.280. The van der Waals surface area contributed by atoms with Crippen LogP contribution in [0.3, 0.4) is 0 Å². The summed E-state index contributed by atoms with van der Waals surface area (Å²) in [6.45, 7) is 5.35. The molecule has 2 N–H and O–H groups in total. The number of rotatable bonds is 7. The van der Waals surface area contributed by atoms with Crippen LogP contribution in [0, 0.1) is 6.92 Å². The van der Waals surface area contributed by atoms with E-state index in [4.69, 9.17) is 0 Å². The van der Waals surface area contributed by atoms with Crippen molar-refractivity contribution >= 4 is 5.82 Å². The molecule has 0 aliphatic carbocycles. The van der Waals surface area contributed by atoms with E-state index in [1.54, 1.807) is 0 Å². The number of hydrogen-bond acceptors (Lipinski definition) is 4. The van der Waals surface area contributed by atoms with Gasteiger partial charge in [-0.15, -0.1) is 0 Å². The van der Waals surface area contributed by atoms with Crippen LogP contribution >= 0.6 is 0 Å². The molecular formula is C16H23N3O2. The van der Waals surface area contributed by atoms with Crippen molar-refractivity contribution in [2.24, 2.45) is 0 Å². The lowest BCUT2D eigenvalue weighted by Gasteiger charge is -2.25. The van der Waals surface area contributed by atoms with Gasteiger partial charge in [0.2, 0.25) is 0 Å². The van der Waals surface area contributed by atoms with Crippen molar-refractivity contribution in [2.75, 3.05) is 24.6 Å². The van der Waals surface area contributed by atoms with Gasteiger partial charge in [0, 0.05) is 18.7 Å². The molecule has 21 heavy (non-hydrogen) atoms. The number of aliphatic hydroxyl groups excluding tert-OH is 2. The quantitative estimate of drug-likeness (QED) is 0.817. The maximum absolute atomic E-state index is 9.70. The summed E-state index contributed by atoms with van der Waals surface area (Å²) in [5, 5.41) is 23.6. The Bertz CT molecular complexity index is 560. The lowest BCUT2D eigenvalue weighted by Crippen LogP contribution is -2.30. The van der Waals surface area contributed by atoms with E-state index in [0.29, 0.717) is 6.54 Å². The number of aliphatic hydroxyl groups is 2. The summed E-state index contributed by atoms with van der Waals surface area (Å²) in [4.78, 5) is 2.08. The van der Waals surface area contributed by atoms with Crippen molar-refractivity contribution < 1.29 is 10.2 Å². The number of benzene rings is 1. The first kappa shape index (κ1) is 15.5. The van der Waals surface area contributed by atoms with Crippen LogP contribution in [0.4, 0.5) is 5.82 Å². The third kappa shape index (κ3) is 3.25. The third-order valence-corrected chi connectivity index (χ3v) is 3.48. The fourth-order valence-corrected chi connectivity index (χ4v) is 2.52. The van der Waals surface area contributed by atoms with Gasteiger partial charge in [0.1, 0.15) is 5.82 Å². The molecule has 0 atom stereocenters. The van der Waals surface area contributed by atoms with Crippen molar-refractivity contribution in [3.8, 4) is 5.69 Å². The van der Waals surface area contributed by atoms with Gasteiger partial charge >= 0.3 is 0 Å². The average Bonchev–Trinajstić information content (AvgIpc) is 2.84. The molecule has 0 fully saturated rings. The van der Waals surface area contributed by atoms with Crippen LogP contribution in [0.1, 0.15) is 24.6 Å². The topological polar surface area (TPSA) is 61.5 Å². The second-order valence-electron chi connectivity index (χ2n) is 5.00. The van der Waals surface area contributed by atoms with Gasteiger partial charge in [-0.1, -0.05) is 25.1 Å². The van der Waals surface area contributed by atoms with E-state index >= 15 is 0 Å². The molecule has 0 aliphatic heterocycles. The molecule has 114 valence electrons. The van der Waals surface area contributed by atoms with Crippen molar-refractivity contribution in [1.29, 1.82) is 0 Å². The van der Waals surface area contributed by atoms with Crippen molar-refractivity contribution in [1.82, 2.24) is 9.78 Å². The first-order valence-corrected chi connectivity index (χ1v) is 7.33. The SMILES string of the molecule is CCCN(CCO)c1c(CO)c(C)nn1-c1ccccc1. The summed E-state index contributed by atoms with van der Waals surface area (Å²) in [5.74, 6) is 0.872. The summed E-state index contributed by atoms with van der Waals surface area (Å²) in [6, 6.07) is 9.86. The minimum atomic E-state index is -0.0559. The summed E-state index contributed by atoms with van der Waals surface area (Å²) in [5.41, 5.74) is 2.59. The minimum Gasteiger partial charge on any atom is -0.395 e. The smallest absolute Gasteiger partial charge is 0.138 e. The molecule has 2 aromatic rings. The van der Waals surface area contributed by atoms with E-state index in [-0.39, 0.29) is 13.2 Å². The van der Waals surface area contributed by atoms with Crippen LogP contribution in [0.25, 0.3) is 5.69 Å². The Balaban J connectivity index is 2.55. The Hall–Kier alpha value is -1.85. The number of anilines is 1. The van der Waals surface area contributed by atoms with Crippen LogP contribution in [-0.4, -0.2) is 39.7 Å². The molecule has 0 aliphatic rings.